The van der Waals surface area contributed by atoms with Crippen molar-refractivity contribution in [3.05, 3.63) is 110 Å². The van der Waals surface area contributed by atoms with E-state index in [1.165, 1.54) is 0 Å². The Morgan fingerprint density at radius 2 is 1.67 bits per heavy atom. The molecule has 3 aromatic carbocycles. The van der Waals surface area contributed by atoms with Crippen molar-refractivity contribution in [2.75, 3.05) is 25.1 Å². The number of carbonyl (C=O) groups is 2. The van der Waals surface area contributed by atoms with Gasteiger partial charge in [-0.25, -0.2) is 14.8 Å². The standard InChI is InChI=1S/C40H39Cl2N5O4/c1-23-19-27(20-24(2)37(23)42)51-18-7-10-28-29-11-13-32(41)36(35-25(3)44-22-45-26(35)4)39(29)47(34(28)21-48)17-8-16-46(5)33-14-12-31(40(49)50)38-30(33)9-6-15-43-38/h6,9,11-15,19-22H,7-8,10,16-18H2,1-5H3,(H,49,50). The SMILES string of the molecule is Cc1cc(OCCCc2c(C=O)n(CCCN(C)c3ccc(C(=O)O)c4ncccc34)c3c(-c4c(C)ncnc4C)c(Cl)ccc23)cc(C)c1Cl. The highest BCUT2D eigenvalue weighted by molar-refractivity contribution is 6.35. The van der Waals surface area contributed by atoms with Gasteiger partial charge in [-0.05, 0) is 106 Å². The molecule has 0 atom stereocenters. The lowest BCUT2D eigenvalue weighted by molar-refractivity contribution is 0.0698. The molecular weight excluding hydrogens is 685 g/mol. The second kappa shape index (κ2) is 15.1. The van der Waals surface area contributed by atoms with Crippen molar-refractivity contribution in [3.63, 3.8) is 0 Å². The van der Waals surface area contributed by atoms with Gasteiger partial charge >= 0.3 is 5.97 Å². The lowest BCUT2D eigenvalue weighted by atomic mass is 9.98. The predicted octanol–water partition coefficient (Wildman–Crippen LogP) is 9.24. The van der Waals surface area contributed by atoms with Crippen molar-refractivity contribution in [1.82, 2.24) is 19.5 Å². The molecule has 3 heterocycles. The van der Waals surface area contributed by atoms with Crippen LogP contribution in [0.2, 0.25) is 10.0 Å². The van der Waals surface area contributed by atoms with Crippen molar-refractivity contribution >= 4 is 63.0 Å². The third-order valence-electron chi connectivity index (χ3n) is 9.42. The molecule has 0 radical (unpaired) electrons. The zero-order valence-electron chi connectivity index (χ0n) is 29.3. The number of aromatic carboxylic acids is 1. The van der Waals surface area contributed by atoms with E-state index in [0.29, 0.717) is 55.2 Å². The summed E-state index contributed by atoms with van der Waals surface area (Å²) in [4.78, 5) is 40.3. The van der Waals surface area contributed by atoms with Gasteiger partial charge in [0.05, 0.1) is 33.9 Å². The molecule has 0 aliphatic rings. The molecule has 0 spiro atoms. The number of aryl methyl sites for hydroxylation is 6. The monoisotopic (exact) mass is 723 g/mol. The van der Waals surface area contributed by atoms with Crippen LogP contribution in [0.25, 0.3) is 32.9 Å². The van der Waals surface area contributed by atoms with Crippen LogP contribution in [-0.4, -0.2) is 57.1 Å². The molecule has 11 heteroatoms. The van der Waals surface area contributed by atoms with Gasteiger partial charge in [-0.1, -0.05) is 29.3 Å². The number of benzene rings is 3. The summed E-state index contributed by atoms with van der Waals surface area (Å²) in [6.45, 7) is 9.42. The van der Waals surface area contributed by atoms with Crippen LogP contribution in [0.1, 0.15) is 61.8 Å². The third-order valence-corrected chi connectivity index (χ3v) is 10.3. The van der Waals surface area contributed by atoms with Gasteiger partial charge in [0.15, 0.2) is 6.29 Å². The van der Waals surface area contributed by atoms with E-state index in [-0.39, 0.29) is 5.56 Å². The number of anilines is 1. The van der Waals surface area contributed by atoms with Gasteiger partial charge in [-0.2, -0.15) is 0 Å². The van der Waals surface area contributed by atoms with E-state index in [1.54, 1.807) is 24.7 Å². The van der Waals surface area contributed by atoms with Crippen LogP contribution < -0.4 is 9.64 Å². The summed E-state index contributed by atoms with van der Waals surface area (Å²) in [5.74, 6) is -0.253. The number of aromatic nitrogens is 4. The van der Waals surface area contributed by atoms with E-state index in [4.69, 9.17) is 27.9 Å². The van der Waals surface area contributed by atoms with Crippen LogP contribution in [0.4, 0.5) is 5.69 Å². The molecule has 1 N–H and O–H groups in total. The molecule has 0 bridgehead atoms. The molecule has 6 aromatic rings. The van der Waals surface area contributed by atoms with E-state index < -0.39 is 5.97 Å². The highest BCUT2D eigenvalue weighted by Crippen LogP contribution is 2.41. The first-order valence-electron chi connectivity index (χ1n) is 16.8. The number of aldehydes is 1. The second-order valence-electron chi connectivity index (χ2n) is 12.8. The van der Waals surface area contributed by atoms with E-state index in [0.717, 1.165) is 78.2 Å². The highest BCUT2D eigenvalue weighted by atomic mass is 35.5. The zero-order chi connectivity index (χ0) is 36.4. The first-order chi connectivity index (χ1) is 24.5. The summed E-state index contributed by atoms with van der Waals surface area (Å²) in [5, 5.41) is 12.7. The van der Waals surface area contributed by atoms with Gasteiger partial charge in [0.25, 0.3) is 0 Å². The molecular formula is C40H39Cl2N5O4. The molecule has 0 saturated carbocycles. The quantitative estimate of drug-likeness (QED) is 0.0928. The van der Waals surface area contributed by atoms with Gasteiger partial charge in [0.1, 0.15) is 12.1 Å². The Balaban J connectivity index is 1.35. The predicted molar refractivity (Wildman–Crippen MR) is 204 cm³/mol. The number of rotatable bonds is 13. The highest BCUT2D eigenvalue weighted by Gasteiger charge is 2.24. The average molecular weight is 725 g/mol. The number of hydrogen-bond donors (Lipinski definition) is 1. The van der Waals surface area contributed by atoms with Gasteiger partial charge in [0.2, 0.25) is 0 Å². The molecule has 262 valence electrons. The van der Waals surface area contributed by atoms with Crippen molar-refractivity contribution in [2.45, 2.75) is 53.5 Å². The van der Waals surface area contributed by atoms with E-state index in [1.807, 2.05) is 71.1 Å². The lowest BCUT2D eigenvalue weighted by Crippen LogP contribution is -2.21. The molecule has 0 saturated heterocycles. The van der Waals surface area contributed by atoms with Crippen LogP contribution in [0.5, 0.6) is 5.75 Å². The Kier molecular flexibility index (Phi) is 10.6. The van der Waals surface area contributed by atoms with Crippen LogP contribution in [0, 0.1) is 27.7 Å². The summed E-state index contributed by atoms with van der Waals surface area (Å²) < 4.78 is 8.21. The Labute approximate surface area is 306 Å². The van der Waals surface area contributed by atoms with E-state index >= 15 is 0 Å². The summed E-state index contributed by atoms with van der Waals surface area (Å²) in [6.07, 6.45) is 6.06. The summed E-state index contributed by atoms with van der Waals surface area (Å²) in [6, 6.07) is 14.9. The lowest BCUT2D eigenvalue weighted by Gasteiger charge is -2.22. The number of ether oxygens (including phenoxy) is 1. The molecule has 0 aliphatic carbocycles. The topological polar surface area (TPSA) is 110 Å². The normalized spacial score (nSPS) is 11.4. The van der Waals surface area contributed by atoms with Gasteiger partial charge in [-0.3, -0.25) is 9.78 Å². The molecule has 9 nitrogen and oxygen atoms in total. The Morgan fingerprint density at radius 1 is 0.941 bits per heavy atom. The van der Waals surface area contributed by atoms with Crippen LogP contribution in [0.3, 0.4) is 0 Å². The Hall–Kier alpha value is -4.99. The van der Waals surface area contributed by atoms with Gasteiger partial charge in [-0.15, -0.1) is 0 Å². The summed E-state index contributed by atoms with van der Waals surface area (Å²) in [5.41, 5.74) is 9.06. The minimum absolute atomic E-state index is 0.161. The number of hydrogen-bond acceptors (Lipinski definition) is 7. The number of carboxylic acid groups (broad SMARTS) is 1. The second-order valence-corrected chi connectivity index (χ2v) is 13.6. The van der Waals surface area contributed by atoms with Crippen LogP contribution in [0.15, 0.2) is 61.1 Å². The Bertz CT molecular complexity index is 2260. The van der Waals surface area contributed by atoms with Gasteiger partial charge in [0, 0.05) is 70.3 Å². The zero-order valence-corrected chi connectivity index (χ0v) is 30.8. The molecule has 0 amide bonds. The minimum Gasteiger partial charge on any atom is -0.494 e. The molecule has 0 unspecified atom stereocenters. The first-order valence-corrected chi connectivity index (χ1v) is 17.6. The van der Waals surface area contributed by atoms with Gasteiger partial charge < -0.3 is 19.3 Å². The summed E-state index contributed by atoms with van der Waals surface area (Å²) in [7, 11) is 1.97. The first kappa shape index (κ1) is 35.8. The van der Waals surface area contributed by atoms with Crippen molar-refractivity contribution in [3.8, 4) is 16.9 Å². The van der Waals surface area contributed by atoms with Crippen molar-refractivity contribution < 1.29 is 19.4 Å². The van der Waals surface area contributed by atoms with Crippen molar-refractivity contribution in [2.24, 2.45) is 0 Å². The fourth-order valence-electron chi connectivity index (χ4n) is 7.01. The van der Waals surface area contributed by atoms with Crippen LogP contribution >= 0.6 is 23.2 Å². The number of carboxylic acids is 1. The molecule has 6 rings (SSSR count). The molecule has 51 heavy (non-hydrogen) atoms. The van der Waals surface area contributed by atoms with E-state index in [9.17, 15) is 14.7 Å². The third kappa shape index (κ3) is 7.01. The molecule has 0 aliphatic heterocycles. The number of carbonyl (C=O) groups excluding carboxylic acids is 1. The smallest absolute Gasteiger partial charge is 0.337 e. The minimum atomic E-state index is -1.02. The Morgan fingerprint density at radius 3 is 2.35 bits per heavy atom. The fourth-order valence-corrected chi connectivity index (χ4v) is 7.37. The van der Waals surface area contributed by atoms with Crippen molar-refractivity contribution in [1.29, 1.82) is 0 Å². The maximum atomic E-state index is 13.0. The maximum absolute atomic E-state index is 13.0. The summed E-state index contributed by atoms with van der Waals surface area (Å²) >= 11 is 13.4. The number of pyridine rings is 1. The number of fused-ring (bicyclic) bond motifs is 2. The average Bonchev–Trinajstić information content (AvgIpc) is 3.41. The maximum Gasteiger partial charge on any atom is 0.337 e. The fraction of sp³-hybridized carbons (Fsp3) is 0.275. The van der Waals surface area contributed by atoms with Crippen LogP contribution in [-0.2, 0) is 13.0 Å². The van der Waals surface area contributed by atoms with E-state index in [2.05, 4.69) is 24.4 Å². The largest absolute Gasteiger partial charge is 0.494 e. The number of nitrogens with zero attached hydrogens (tertiary/aromatic N) is 5. The molecule has 3 aromatic heterocycles. The molecule has 0 fully saturated rings. The number of halogens is 2.